The summed E-state index contributed by atoms with van der Waals surface area (Å²) in [6.45, 7) is 4.03. The Balaban J connectivity index is 1.95. The van der Waals surface area contributed by atoms with Crippen molar-refractivity contribution in [2.45, 2.75) is 24.1 Å². The van der Waals surface area contributed by atoms with Gasteiger partial charge in [-0.2, -0.15) is 5.10 Å². The zero-order valence-electron chi connectivity index (χ0n) is 12.2. The molecule has 0 spiro atoms. The number of hydrogen-bond acceptors (Lipinski definition) is 5. The smallest absolute Gasteiger partial charge is 0.250 e. The second kappa shape index (κ2) is 7.17. The third-order valence-corrected chi connectivity index (χ3v) is 5.95. The van der Waals surface area contributed by atoms with Gasteiger partial charge in [-0.15, -0.1) is 11.3 Å². The van der Waals surface area contributed by atoms with Crippen molar-refractivity contribution in [3.05, 3.63) is 35.0 Å². The first-order valence-corrected chi connectivity index (χ1v) is 9.09. The Morgan fingerprint density at radius 1 is 1.33 bits per heavy atom. The monoisotopic (exact) mass is 328 g/mol. The lowest BCUT2D eigenvalue weighted by Gasteiger charge is -2.02. The lowest BCUT2D eigenvalue weighted by atomic mass is 10.3. The van der Waals surface area contributed by atoms with Gasteiger partial charge in [-0.3, -0.25) is 4.68 Å². The van der Waals surface area contributed by atoms with E-state index in [1.165, 1.54) is 11.3 Å². The van der Waals surface area contributed by atoms with E-state index in [0.717, 1.165) is 24.4 Å². The highest BCUT2D eigenvalue weighted by Crippen LogP contribution is 2.21. The molecule has 2 rings (SSSR count). The van der Waals surface area contributed by atoms with Crippen LogP contribution in [0.25, 0.3) is 0 Å². The number of sulfonamides is 1. The molecule has 2 N–H and O–H groups in total. The number of aryl methyl sites for hydroxylation is 1. The molecular formula is C13H20N4O2S2. The van der Waals surface area contributed by atoms with Gasteiger partial charge in [0.1, 0.15) is 4.21 Å². The second-order valence-corrected chi connectivity index (χ2v) is 7.79. The molecule has 0 aliphatic rings. The van der Waals surface area contributed by atoms with Crippen molar-refractivity contribution in [3.63, 3.8) is 0 Å². The van der Waals surface area contributed by atoms with Crippen LogP contribution in [0.1, 0.15) is 17.5 Å². The maximum atomic E-state index is 12.2. The Kier molecular flexibility index (Phi) is 5.51. The van der Waals surface area contributed by atoms with Crippen molar-refractivity contribution in [1.29, 1.82) is 0 Å². The Morgan fingerprint density at radius 3 is 2.81 bits per heavy atom. The molecule has 2 heterocycles. The molecule has 116 valence electrons. The van der Waals surface area contributed by atoms with Gasteiger partial charge in [0.05, 0.1) is 12.2 Å². The minimum Gasteiger partial charge on any atom is -0.317 e. The first-order valence-electron chi connectivity index (χ1n) is 6.79. The summed E-state index contributed by atoms with van der Waals surface area (Å²) in [5.41, 5.74) is 0.699. The van der Waals surface area contributed by atoms with E-state index in [0.29, 0.717) is 9.90 Å². The van der Waals surface area contributed by atoms with Gasteiger partial charge in [-0.25, -0.2) is 13.1 Å². The fourth-order valence-electron chi connectivity index (χ4n) is 1.82. The summed E-state index contributed by atoms with van der Waals surface area (Å²) in [6.07, 6.45) is 2.63. The first-order chi connectivity index (χ1) is 10.0. The quantitative estimate of drug-likeness (QED) is 0.712. The average molecular weight is 328 g/mol. The Morgan fingerprint density at radius 2 is 2.14 bits per heavy atom. The van der Waals surface area contributed by atoms with Crippen molar-refractivity contribution in [1.82, 2.24) is 19.8 Å². The second-order valence-electron chi connectivity index (χ2n) is 4.63. The molecule has 0 aliphatic carbocycles. The van der Waals surface area contributed by atoms with Crippen LogP contribution in [-0.2, 0) is 30.0 Å². The van der Waals surface area contributed by atoms with Crippen molar-refractivity contribution in [2.75, 3.05) is 13.1 Å². The van der Waals surface area contributed by atoms with Crippen LogP contribution in [0, 0.1) is 0 Å². The Labute approximate surface area is 129 Å². The molecule has 0 aromatic carbocycles. The summed E-state index contributed by atoms with van der Waals surface area (Å²) in [7, 11) is -1.66. The summed E-state index contributed by atoms with van der Waals surface area (Å²) >= 11 is 1.31. The van der Waals surface area contributed by atoms with E-state index in [-0.39, 0.29) is 6.54 Å². The summed E-state index contributed by atoms with van der Waals surface area (Å²) in [5.74, 6) is 0. The van der Waals surface area contributed by atoms with Crippen LogP contribution in [0.3, 0.4) is 0 Å². The van der Waals surface area contributed by atoms with Crippen LogP contribution in [0.15, 0.2) is 28.6 Å². The first kappa shape index (κ1) is 16.2. The number of rotatable bonds is 8. The van der Waals surface area contributed by atoms with Gasteiger partial charge in [-0.05, 0) is 37.7 Å². The number of likely N-dealkylation sites (N-methyl/N-ethyl adjacent to an activating group) is 1. The summed E-state index contributed by atoms with van der Waals surface area (Å²) in [6, 6.07) is 5.32. The number of nitrogens with zero attached hydrogens (tertiary/aromatic N) is 2. The van der Waals surface area contributed by atoms with E-state index in [9.17, 15) is 8.42 Å². The molecule has 0 bridgehead atoms. The van der Waals surface area contributed by atoms with Crippen molar-refractivity contribution < 1.29 is 8.42 Å². The molecule has 8 heteroatoms. The molecule has 0 aliphatic heterocycles. The molecule has 21 heavy (non-hydrogen) atoms. The largest absolute Gasteiger partial charge is 0.317 e. The Hall–Kier alpha value is -1.22. The van der Waals surface area contributed by atoms with Crippen LogP contribution in [-0.4, -0.2) is 31.3 Å². The van der Waals surface area contributed by atoms with Crippen LogP contribution in [0.2, 0.25) is 0 Å². The van der Waals surface area contributed by atoms with Crippen molar-refractivity contribution in [3.8, 4) is 0 Å². The van der Waals surface area contributed by atoms with Gasteiger partial charge >= 0.3 is 0 Å². The maximum Gasteiger partial charge on any atom is 0.250 e. The van der Waals surface area contributed by atoms with E-state index < -0.39 is 10.0 Å². The molecular weight excluding hydrogens is 308 g/mol. The average Bonchev–Trinajstić information content (AvgIpc) is 3.06. The highest BCUT2D eigenvalue weighted by Gasteiger charge is 2.16. The molecule has 0 amide bonds. The summed E-state index contributed by atoms with van der Waals surface area (Å²) < 4.78 is 29.0. The molecule has 0 saturated heterocycles. The minimum atomic E-state index is -3.46. The number of thiophene rings is 1. The third-order valence-electron chi connectivity index (χ3n) is 2.91. The van der Waals surface area contributed by atoms with Gasteiger partial charge in [0.15, 0.2) is 0 Å². The number of aromatic nitrogens is 2. The lowest BCUT2D eigenvalue weighted by molar-refractivity contribution is 0.581. The highest BCUT2D eigenvalue weighted by atomic mass is 32.2. The lowest BCUT2D eigenvalue weighted by Crippen LogP contribution is -2.22. The topological polar surface area (TPSA) is 76.0 Å². The Bertz CT molecular complexity index is 676. The molecule has 2 aromatic heterocycles. The SMILES string of the molecule is CCNCCc1ccc(S(=O)(=O)NCc2ccn(C)n2)s1. The number of hydrogen-bond donors (Lipinski definition) is 2. The zero-order chi connectivity index (χ0) is 15.3. The van der Waals surface area contributed by atoms with Gasteiger partial charge in [-0.1, -0.05) is 6.92 Å². The molecule has 6 nitrogen and oxygen atoms in total. The fourth-order valence-corrected chi connectivity index (χ4v) is 4.22. The zero-order valence-corrected chi connectivity index (χ0v) is 13.8. The normalized spacial score (nSPS) is 11.9. The highest BCUT2D eigenvalue weighted by molar-refractivity contribution is 7.91. The van der Waals surface area contributed by atoms with Crippen LogP contribution < -0.4 is 10.0 Å². The third kappa shape index (κ3) is 4.63. The van der Waals surface area contributed by atoms with Gasteiger partial charge in [0.25, 0.3) is 0 Å². The minimum absolute atomic E-state index is 0.202. The van der Waals surface area contributed by atoms with Crippen molar-refractivity contribution >= 4 is 21.4 Å². The van der Waals surface area contributed by atoms with Gasteiger partial charge in [0, 0.05) is 18.1 Å². The molecule has 0 unspecified atom stereocenters. The summed E-state index contributed by atoms with van der Waals surface area (Å²) in [5, 5.41) is 7.37. The molecule has 0 saturated carbocycles. The summed E-state index contributed by atoms with van der Waals surface area (Å²) in [4.78, 5) is 1.06. The van der Waals surface area contributed by atoms with Crippen LogP contribution in [0.4, 0.5) is 0 Å². The number of nitrogens with one attached hydrogen (secondary N) is 2. The molecule has 0 atom stereocenters. The standard InChI is InChI=1S/C13H20N4O2S2/c1-3-14-8-6-12-4-5-13(20-12)21(18,19)15-10-11-7-9-17(2)16-11/h4-5,7,9,14-15H,3,6,8,10H2,1-2H3. The van der Waals surface area contributed by atoms with Crippen LogP contribution in [0.5, 0.6) is 0 Å². The van der Waals surface area contributed by atoms with Crippen molar-refractivity contribution in [2.24, 2.45) is 7.05 Å². The fraction of sp³-hybridized carbons (Fsp3) is 0.462. The maximum absolute atomic E-state index is 12.2. The van der Waals surface area contributed by atoms with E-state index in [2.05, 4.69) is 15.1 Å². The molecule has 2 aromatic rings. The van der Waals surface area contributed by atoms with E-state index in [1.54, 1.807) is 30.1 Å². The van der Waals surface area contributed by atoms with E-state index in [1.807, 2.05) is 13.0 Å². The molecule has 0 fully saturated rings. The van der Waals surface area contributed by atoms with E-state index >= 15 is 0 Å². The predicted molar refractivity (Wildman–Crippen MR) is 83.8 cm³/mol. The predicted octanol–water partition coefficient (Wildman–Crippen LogP) is 1.11. The van der Waals surface area contributed by atoms with Crippen LogP contribution >= 0.6 is 11.3 Å². The van der Waals surface area contributed by atoms with Gasteiger partial charge < -0.3 is 5.32 Å². The van der Waals surface area contributed by atoms with E-state index in [4.69, 9.17) is 0 Å². The molecule has 0 radical (unpaired) electrons. The van der Waals surface area contributed by atoms with Gasteiger partial charge in [0.2, 0.25) is 10.0 Å².